The molecule has 0 bridgehead atoms. The van der Waals surface area contributed by atoms with Crippen LogP contribution in [0.3, 0.4) is 0 Å². The second-order valence-electron chi connectivity index (χ2n) is 1.97. The van der Waals surface area contributed by atoms with Crippen molar-refractivity contribution in [1.82, 2.24) is 4.98 Å². The van der Waals surface area contributed by atoms with E-state index in [-0.39, 0.29) is 15.1 Å². The van der Waals surface area contributed by atoms with E-state index < -0.39 is 6.43 Å². The van der Waals surface area contributed by atoms with E-state index in [4.69, 9.17) is 0 Å². The number of halogens is 4. The van der Waals surface area contributed by atoms with Crippen molar-refractivity contribution in [1.29, 1.82) is 0 Å². The summed E-state index contributed by atoms with van der Waals surface area (Å²) >= 11 is 3.49. The summed E-state index contributed by atoms with van der Waals surface area (Å²) in [6.07, 6.45) is -2.59. The SMILES string of the molecule is Oc1c(I)cc(C(F)F)nc1I. The molecule has 0 unspecified atom stereocenters. The third-order valence-corrected chi connectivity index (χ3v) is 2.72. The summed E-state index contributed by atoms with van der Waals surface area (Å²) in [6.45, 7) is 0. The van der Waals surface area contributed by atoms with E-state index in [1.54, 1.807) is 45.2 Å². The smallest absolute Gasteiger partial charge is 0.280 e. The van der Waals surface area contributed by atoms with Gasteiger partial charge in [-0.05, 0) is 51.2 Å². The molecule has 0 saturated carbocycles. The van der Waals surface area contributed by atoms with E-state index in [0.29, 0.717) is 3.57 Å². The lowest BCUT2D eigenvalue weighted by atomic mass is 10.3. The molecule has 66 valence electrons. The maximum absolute atomic E-state index is 12.1. The van der Waals surface area contributed by atoms with Crippen LogP contribution in [0.5, 0.6) is 5.75 Å². The molecule has 0 atom stereocenters. The van der Waals surface area contributed by atoms with Crippen LogP contribution in [-0.2, 0) is 0 Å². The van der Waals surface area contributed by atoms with Crippen molar-refractivity contribution in [2.75, 3.05) is 0 Å². The summed E-state index contributed by atoms with van der Waals surface area (Å²) in [5.74, 6) is -0.0411. The van der Waals surface area contributed by atoms with Crippen LogP contribution in [0.1, 0.15) is 12.1 Å². The van der Waals surface area contributed by atoms with Gasteiger partial charge in [0, 0.05) is 0 Å². The summed E-state index contributed by atoms with van der Waals surface area (Å²) in [7, 11) is 0. The summed E-state index contributed by atoms with van der Waals surface area (Å²) in [6, 6.07) is 1.17. The minimum Gasteiger partial charge on any atom is -0.504 e. The fourth-order valence-electron chi connectivity index (χ4n) is 0.607. The number of hydrogen-bond donors (Lipinski definition) is 1. The molecule has 1 aromatic rings. The van der Waals surface area contributed by atoms with Gasteiger partial charge in [0.15, 0.2) is 5.75 Å². The van der Waals surface area contributed by atoms with Gasteiger partial charge < -0.3 is 5.11 Å². The van der Waals surface area contributed by atoms with Crippen molar-refractivity contribution in [3.05, 3.63) is 19.0 Å². The number of rotatable bonds is 1. The molecule has 0 aliphatic carbocycles. The molecular formula is C6H3F2I2NO. The second-order valence-corrected chi connectivity index (χ2v) is 4.15. The predicted molar refractivity (Wildman–Crippen MR) is 56.3 cm³/mol. The van der Waals surface area contributed by atoms with Crippen LogP contribution in [0.15, 0.2) is 6.07 Å². The molecule has 0 spiro atoms. The summed E-state index contributed by atoms with van der Waals surface area (Å²) < 4.78 is 24.8. The number of pyridine rings is 1. The average Bonchev–Trinajstić information content (AvgIpc) is 1.99. The molecule has 6 heteroatoms. The van der Waals surface area contributed by atoms with Crippen LogP contribution in [0, 0.1) is 7.27 Å². The second kappa shape index (κ2) is 3.99. The van der Waals surface area contributed by atoms with E-state index >= 15 is 0 Å². The van der Waals surface area contributed by atoms with Crippen LogP contribution in [-0.4, -0.2) is 10.1 Å². The van der Waals surface area contributed by atoms with Gasteiger partial charge in [0.1, 0.15) is 9.39 Å². The minimum atomic E-state index is -2.59. The van der Waals surface area contributed by atoms with Crippen LogP contribution < -0.4 is 0 Å². The molecule has 0 aliphatic heterocycles. The minimum absolute atomic E-state index is 0.0411. The van der Waals surface area contributed by atoms with Crippen LogP contribution in [0.4, 0.5) is 8.78 Å². The number of aromatic hydroxyl groups is 1. The van der Waals surface area contributed by atoms with Crippen molar-refractivity contribution in [3.63, 3.8) is 0 Å². The van der Waals surface area contributed by atoms with Gasteiger partial charge in [0.25, 0.3) is 6.43 Å². The zero-order valence-corrected chi connectivity index (χ0v) is 9.88. The number of alkyl halides is 2. The van der Waals surface area contributed by atoms with Crippen molar-refractivity contribution >= 4 is 45.2 Å². The van der Waals surface area contributed by atoms with E-state index in [2.05, 4.69) is 4.98 Å². The zero-order chi connectivity index (χ0) is 9.30. The monoisotopic (exact) mass is 397 g/mol. The zero-order valence-electron chi connectivity index (χ0n) is 5.56. The Morgan fingerprint density at radius 2 is 2.00 bits per heavy atom. The van der Waals surface area contributed by atoms with Crippen LogP contribution in [0.2, 0.25) is 0 Å². The Morgan fingerprint density at radius 1 is 1.42 bits per heavy atom. The molecule has 0 saturated heterocycles. The Hall–Kier alpha value is 0.270. The molecule has 1 aromatic heterocycles. The first-order valence-corrected chi connectivity index (χ1v) is 5.01. The third-order valence-electron chi connectivity index (χ3n) is 1.15. The molecule has 0 radical (unpaired) electrons. The molecule has 0 fully saturated rings. The van der Waals surface area contributed by atoms with Crippen LogP contribution in [0.25, 0.3) is 0 Å². The lowest BCUT2D eigenvalue weighted by Gasteiger charge is -2.03. The Labute approximate surface area is 94.7 Å². The highest BCUT2D eigenvalue weighted by Crippen LogP contribution is 2.28. The van der Waals surface area contributed by atoms with Gasteiger partial charge in [-0.3, -0.25) is 0 Å². The molecule has 1 N–H and O–H groups in total. The van der Waals surface area contributed by atoms with E-state index in [9.17, 15) is 13.9 Å². The van der Waals surface area contributed by atoms with Crippen molar-refractivity contribution < 1.29 is 13.9 Å². The summed E-state index contributed by atoms with van der Waals surface area (Å²) in [5.41, 5.74) is -0.304. The van der Waals surface area contributed by atoms with Gasteiger partial charge in [-0.25, -0.2) is 13.8 Å². The standard InChI is InChI=1S/C6H3F2I2NO/c7-5(8)3-1-2(9)4(12)6(10)11-3/h1,5,12H. The van der Waals surface area contributed by atoms with Crippen molar-refractivity contribution in [3.8, 4) is 5.75 Å². The van der Waals surface area contributed by atoms with E-state index in [1.807, 2.05) is 0 Å². The normalized spacial score (nSPS) is 10.8. The van der Waals surface area contributed by atoms with Gasteiger partial charge in [-0.1, -0.05) is 0 Å². The highest BCUT2D eigenvalue weighted by atomic mass is 127. The first-order valence-electron chi connectivity index (χ1n) is 2.85. The number of hydrogen-bond acceptors (Lipinski definition) is 2. The molecule has 12 heavy (non-hydrogen) atoms. The highest BCUT2D eigenvalue weighted by molar-refractivity contribution is 14.1. The predicted octanol–water partition coefficient (Wildman–Crippen LogP) is 2.93. The van der Waals surface area contributed by atoms with Gasteiger partial charge in [0.2, 0.25) is 0 Å². The Morgan fingerprint density at radius 3 is 2.42 bits per heavy atom. The molecule has 0 aliphatic rings. The largest absolute Gasteiger partial charge is 0.504 e. The third kappa shape index (κ3) is 2.15. The number of aromatic nitrogens is 1. The maximum Gasteiger partial charge on any atom is 0.280 e. The Bertz CT molecular complexity index is 283. The maximum atomic E-state index is 12.1. The topological polar surface area (TPSA) is 33.1 Å². The molecule has 1 rings (SSSR count). The lowest BCUT2D eigenvalue weighted by molar-refractivity contribution is 0.145. The van der Waals surface area contributed by atoms with Gasteiger partial charge in [-0.15, -0.1) is 0 Å². The molecule has 1 heterocycles. The Kier molecular flexibility index (Phi) is 3.44. The van der Waals surface area contributed by atoms with Crippen molar-refractivity contribution in [2.45, 2.75) is 6.43 Å². The van der Waals surface area contributed by atoms with Crippen molar-refractivity contribution in [2.24, 2.45) is 0 Å². The quantitative estimate of drug-likeness (QED) is 0.585. The van der Waals surface area contributed by atoms with Gasteiger partial charge in [-0.2, -0.15) is 0 Å². The number of nitrogens with zero attached hydrogens (tertiary/aromatic N) is 1. The van der Waals surface area contributed by atoms with E-state index in [1.165, 1.54) is 6.07 Å². The lowest BCUT2D eigenvalue weighted by Crippen LogP contribution is -1.94. The first kappa shape index (κ1) is 10.4. The molecule has 2 nitrogen and oxygen atoms in total. The molecule has 0 aromatic carbocycles. The summed E-state index contributed by atoms with van der Waals surface area (Å²) in [5, 5.41) is 9.19. The van der Waals surface area contributed by atoms with Gasteiger partial charge >= 0.3 is 0 Å². The fraction of sp³-hybridized carbons (Fsp3) is 0.167. The fourth-order valence-corrected chi connectivity index (χ4v) is 2.27. The van der Waals surface area contributed by atoms with E-state index in [0.717, 1.165) is 0 Å². The molecular weight excluding hydrogens is 394 g/mol. The first-order chi connectivity index (χ1) is 5.52. The van der Waals surface area contributed by atoms with Gasteiger partial charge in [0.05, 0.1) is 3.57 Å². The summed E-state index contributed by atoms with van der Waals surface area (Å²) in [4.78, 5) is 3.51. The molecule has 0 amide bonds. The van der Waals surface area contributed by atoms with Crippen LogP contribution >= 0.6 is 45.2 Å². The Balaban J connectivity index is 3.21. The average molecular weight is 397 g/mol. The highest BCUT2D eigenvalue weighted by Gasteiger charge is 2.13.